The topological polar surface area (TPSA) is 66.9 Å². The van der Waals surface area contributed by atoms with Crippen molar-refractivity contribution < 1.29 is 9.18 Å². The molecule has 2 heterocycles. The second-order valence-corrected chi connectivity index (χ2v) is 7.65. The molecule has 0 spiro atoms. The number of amides is 1. The molecule has 3 rings (SSSR count). The predicted molar refractivity (Wildman–Crippen MR) is 129 cm³/mol. The third-order valence-electron chi connectivity index (χ3n) is 4.61. The van der Waals surface area contributed by atoms with Gasteiger partial charge in [-0.3, -0.25) is 9.78 Å². The van der Waals surface area contributed by atoms with Crippen LogP contribution in [0.3, 0.4) is 0 Å². The fourth-order valence-electron chi connectivity index (χ4n) is 3.03. The summed E-state index contributed by atoms with van der Waals surface area (Å²) in [5.41, 5.74) is 2.71. The minimum absolute atomic E-state index is 0.164. The van der Waals surface area contributed by atoms with Gasteiger partial charge in [0.05, 0.1) is 16.9 Å². The monoisotopic (exact) mass is 452 g/mol. The van der Waals surface area contributed by atoms with Crippen molar-refractivity contribution in [2.24, 2.45) is 0 Å². The highest BCUT2D eigenvalue weighted by atomic mass is 35.5. The molecule has 32 heavy (non-hydrogen) atoms. The SMILES string of the molecule is C#C.CCCNC(=O)c1cnccc1Nc1nc(-c2cc(Cl)ccc2F)ccc1C(C)C. The summed E-state index contributed by atoms with van der Waals surface area (Å²) in [5, 5.41) is 6.55. The van der Waals surface area contributed by atoms with Crippen LogP contribution in [0.4, 0.5) is 15.9 Å². The van der Waals surface area contributed by atoms with Gasteiger partial charge in [0.25, 0.3) is 5.91 Å². The van der Waals surface area contributed by atoms with Crippen molar-refractivity contribution >= 4 is 29.0 Å². The number of carbonyl (C=O) groups is 1. The second-order valence-electron chi connectivity index (χ2n) is 7.22. The van der Waals surface area contributed by atoms with E-state index >= 15 is 0 Å². The van der Waals surface area contributed by atoms with Crippen LogP contribution >= 0.6 is 11.6 Å². The molecule has 1 amide bonds. The van der Waals surface area contributed by atoms with Crippen molar-refractivity contribution in [1.82, 2.24) is 15.3 Å². The lowest BCUT2D eigenvalue weighted by Gasteiger charge is -2.17. The van der Waals surface area contributed by atoms with Gasteiger partial charge in [0.2, 0.25) is 0 Å². The van der Waals surface area contributed by atoms with E-state index in [1.54, 1.807) is 24.4 Å². The minimum atomic E-state index is -0.404. The lowest BCUT2D eigenvalue weighted by molar-refractivity contribution is 0.0954. The number of nitrogens with one attached hydrogen (secondary N) is 2. The van der Waals surface area contributed by atoms with Gasteiger partial charge in [0, 0.05) is 29.5 Å². The van der Waals surface area contributed by atoms with Gasteiger partial charge in [0.1, 0.15) is 11.6 Å². The number of pyridine rings is 2. The van der Waals surface area contributed by atoms with E-state index in [4.69, 9.17) is 11.6 Å². The molecule has 0 unspecified atom stereocenters. The first kappa shape index (κ1) is 24.8. The molecule has 0 radical (unpaired) electrons. The van der Waals surface area contributed by atoms with E-state index in [0.717, 1.165) is 12.0 Å². The van der Waals surface area contributed by atoms with Crippen LogP contribution in [-0.4, -0.2) is 22.4 Å². The molecule has 2 aromatic heterocycles. The van der Waals surface area contributed by atoms with Crippen LogP contribution in [0.25, 0.3) is 11.3 Å². The smallest absolute Gasteiger partial charge is 0.254 e. The van der Waals surface area contributed by atoms with Crippen molar-refractivity contribution in [3.63, 3.8) is 0 Å². The van der Waals surface area contributed by atoms with Gasteiger partial charge >= 0.3 is 0 Å². The molecule has 2 N–H and O–H groups in total. The van der Waals surface area contributed by atoms with Crippen LogP contribution in [-0.2, 0) is 0 Å². The highest BCUT2D eigenvalue weighted by Gasteiger charge is 2.17. The van der Waals surface area contributed by atoms with E-state index < -0.39 is 5.82 Å². The molecule has 0 saturated heterocycles. The van der Waals surface area contributed by atoms with Crippen LogP contribution < -0.4 is 10.6 Å². The van der Waals surface area contributed by atoms with Crippen molar-refractivity contribution in [3.8, 4) is 24.1 Å². The van der Waals surface area contributed by atoms with Crippen molar-refractivity contribution in [2.75, 3.05) is 11.9 Å². The molecule has 0 aliphatic heterocycles. The van der Waals surface area contributed by atoms with E-state index in [-0.39, 0.29) is 11.8 Å². The van der Waals surface area contributed by atoms with E-state index in [9.17, 15) is 9.18 Å². The molecular weight excluding hydrogens is 427 g/mol. The highest BCUT2D eigenvalue weighted by molar-refractivity contribution is 6.30. The normalized spacial score (nSPS) is 10.2. The zero-order chi connectivity index (χ0) is 23.7. The number of carbonyl (C=O) groups excluding carboxylic acids is 1. The Labute approximate surface area is 193 Å². The maximum absolute atomic E-state index is 14.4. The number of hydrogen-bond acceptors (Lipinski definition) is 4. The number of anilines is 2. The third-order valence-corrected chi connectivity index (χ3v) is 4.84. The van der Waals surface area contributed by atoms with Crippen molar-refractivity contribution in [3.05, 3.63) is 70.8 Å². The minimum Gasteiger partial charge on any atom is -0.352 e. The number of benzene rings is 1. The Bertz CT molecular complexity index is 1100. The largest absolute Gasteiger partial charge is 0.352 e. The summed E-state index contributed by atoms with van der Waals surface area (Å²) in [6.45, 7) is 6.65. The Morgan fingerprint density at radius 1 is 1.19 bits per heavy atom. The third kappa shape index (κ3) is 6.05. The molecule has 3 aromatic rings. The molecule has 166 valence electrons. The quantitative estimate of drug-likeness (QED) is 0.419. The van der Waals surface area contributed by atoms with Crippen molar-refractivity contribution in [1.29, 1.82) is 0 Å². The molecule has 5 nitrogen and oxygen atoms in total. The molecule has 0 bridgehead atoms. The maximum Gasteiger partial charge on any atom is 0.254 e. The summed E-state index contributed by atoms with van der Waals surface area (Å²) in [7, 11) is 0. The molecule has 0 saturated carbocycles. The van der Waals surface area contributed by atoms with E-state index in [1.165, 1.54) is 18.3 Å². The standard InChI is InChI=1S/C23H24ClFN4O.C2H2/c1-4-10-27-23(30)18-13-26-11-9-21(18)29-22-16(14(2)3)6-8-20(28-22)17-12-15(24)5-7-19(17)25;1-2/h5-9,11-14H,4,10H2,1-3H3,(H,27,30)(H,26,28,29);1-2H. The molecule has 0 atom stereocenters. The number of hydrogen-bond donors (Lipinski definition) is 2. The summed E-state index contributed by atoms with van der Waals surface area (Å²) < 4.78 is 14.4. The van der Waals surface area contributed by atoms with Crippen LogP contribution in [0, 0.1) is 18.7 Å². The average molecular weight is 453 g/mol. The maximum atomic E-state index is 14.4. The molecule has 0 aliphatic rings. The predicted octanol–water partition coefficient (Wildman–Crippen LogP) is 6.19. The van der Waals surface area contributed by atoms with E-state index in [0.29, 0.717) is 39.9 Å². The zero-order valence-corrected chi connectivity index (χ0v) is 19.1. The van der Waals surface area contributed by atoms with Gasteiger partial charge < -0.3 is 10.6 Å². The van der Waals surface area contributed by atoms with Crippen LogP contribution in [0.15, 0.2) is 48.8 Å². The fourth-order valence-corrected chi connectivity index (χ4v) is 3.20. The molecular formula is C25H26ClFN4O. The second kappa shape index (κ2) is 11.8. The lowest BCUT2D eigenvalue weighted by atomic mass is 10.0. The fraction of sp³-hybridized carbons (Fsp3) is 0.240. The van der Waals surface area contributed by atoms with Crippen LogP contribution in [0.5, 0.6) is 0 Å². The number of halogens is 2. The van der Waals surface area contributed by atoms with Crippen molar-refractivity contribution in [2.45, 2.75) is 33.1 Å². The van der Waals surface area contributed by atoms with Gasteiger partial charge in [-0.1, -0.05) is 38.4 Å². The summed E-state index contributed by atoms with van der Waals surface area (Å²) in [5.74, 6) is 0.101. The lowest BCUT2D eigenvalue weighted by Crippen LogP contribution is -2.25. The van der Waals surface area contributed by atoms with Crippen LogP contribution in [0.2, 0.25) is 5.02 Å². The van der Waals surface area contributed by atoms with Gasteiger partial charge in [-0.05, 0) is 48.2 Å². The number of nitrogens with zero attached hydrogens (tertiary/aromatic N) is 2. The zero-order valence-electron chi connectivity index (χ0n) is 18.3. The highest BCUT2D eigenvalue weighted by Crippen LogP contribution is 2.31. The number of terminal acetylenes is 1. The summed E-state index contributed by atoms with van der Waals surface area (Å²) >= 11 is 6.05. The Morgan fingerprint density at radius 2 is 1.94 bits per heavy atom. The van der Waals surface area contributed by atoms with Crippen LogP contribution in [0.1, 0.15) is 49.0 Å². The Hall–Kier alpha value is -3.43. The van der Waals surface area contributed by atoms with Gasteiger partial charge in [0.15, 0.2) is 0 Å². The Balaban J connectivity index is 0.00000176. The number of aromatic nitrogens is 2. The molecule has 0 fully saturated rings. The first-order valence-corrected chi connectivity index (χ1v) is 10.6. The van der Waals surface area contributed by atoms with Gasteiger partial charge in [-0.15, -0.1) is 12.8 Å². The summed E-state index contributed by atoms with van der Waals surface area (Å²) in [4.78, 5) is 21.3. The Morgan fingerprint density at radius 3 is 2.62 bits per heavy atom. The Kier molecular flexibility index (Phi) is 9.18. The number of rotatable bonds is 7. The van der Waals surface area contributed by atoms with Gasteiger partial charge in [-0.25, -0.2) is 9.37 Å². The first-order chi connectivity index (χ1) is 15.4. The first-order valence-electron chi connectivity index (χ1n) is 10.2. The van der Waals surface area contributed by atoms with E-state index in [2.05, 4.69) is 33.4 Å². The van der Waals surface area contributed by atoms with E-state index in [1.807, 2.05) is 26.8 Å². The molecule has 7 heteroatoms. The summed E-state index contributed by atoms with van der Waals surface area (Å²) in [6, 6.07) is 9.78. The average Bonchev–Trinajstić information content (AvgIpc) is 2.80. The van der Waals surface area contributed by atoms with Gasteiger partial charge in [-0.2, -0.15) is 0 Å². The molecule has 0 aliphatic carbocycles. The molecule has 1 aromatic carbocycles. The summed E-state index contributed by atoms with van der Waals surface area (Å²) in [6.07, 6.45) is 12.0.